The summed E-state index contributed by atoms with van der Waals surface area (Å²) in [5, 5.41) is 0. The van der Waals surface area contributed by atoms with Gasteiger partial charge >= 0.3 is 0 Å². The van der Waals surface area contributed by atoms with Crippen LogP contribution in [0.25, 0.3) is 0 Å². The van der Waals surface area contributed by atoms with Crippen LogP contribution in [-0.4, -0.2) is 32.9 Å². The van der Waals surface area contributed by atoms with Gasteiger partial charge in [-0.2, -0.15) is 0 Å². The molecule has 21 heavy (non-hydrogen) atoms. The highest BCUT2D eigenvalue weighted by molar-refractivity contribution is 5.11. The molecule has 1 aliphatic rings. The third kappa shape index (κ3) is 4.08. The molecule has 4 heteroatoms. The van der Waals surface area contributed by atoms with Crippen molar-refractivity contribution in [2.24, 2.45) is 5.92 Å². The molecule has 0 saturated carbocycles. The Labute approximate surface area is 126 Å². The molecule has 4 nitrogen and oxygen atoms in total. The van der Waals surface area contributed by atoms with Crippen LogP contribution in [0.15, 0.2) is 36.9 Å². The Kier molecular flexibility index (Phi) is 4.55. The van der Waals surface area contributed by atoms with Gasteiger partial charge in [-0.1, -0.05) is 6.07 Å². The van der Waals surface area contributed by atoms with Crippen molar-refractivity contribution in [2.75, 3.05) is 13.1 Å². The van der Waals surface area contributed by atoms with Crippen molar-refractivity contribution in [3.8, 4) is 0 Å². The van der Waals surface area contributed by atoms with Crippen LogP contribution in [-0.2, 0) is 13.0 Å². The van der Waals surface area contributed by atoms with E-state index >= 15 is 0 Å². The van der Waals surface area contributed by atoms with Gasteiger partial charge in [-0.15, -0.1) is 0 Å². The zero-order valence-electron chi connectivity index (χ0n) is 12.6. The van der Waals surface area contributed by atoms with Gasteiger partial charge in [0.05, 0.1) is 0 Å². The van der Waals surface area contributed by atoms with Crippen molar-refractivity contribution in [3.63, 3.8) is 0 Å². The molecule has 110 valence electrons. The van der Waals surface area contributed by atoms with Gasteiger partial charge in [-0.25, -0.2) is 9.97 Å². The molecule has 0 amide bonds. The van der Waals surface area contributed by atoms with E-state index in [0.717, 1.165) is 25.2 Å². The molecule has 1 fully saturated rings. The summed E-state index contributed by atoms with van der Waals surface area (Å²) in [7, 11) is 0. The third-order valence-electron chi connectivity index (χ3n) is 4.07. The Hall–Kier alpha value is -1.81. The smallest absolute Gasteiger partial charge is 0.115 e. The molecule has 1 atom stereocenters. The predicted molar refractivity (Wildman–Crippen MR) is 82.7 cm³/mol. The minimum atomic E-state index is 0.706. The molecular formula is C17H22N4. The number of hydrogen-bond acceptors (Lipinski definition) is 4. The first-order valence-electron chi connectivity index (χ1n) is 7.68. The lowest BCUT2D eigenvalue weighted by Crippen LogP contribution is -2.35. The molecule has 0 aliphatic carbocycles. The van der Waals surface area contributed by atoms with Gasteiger partial charge in [-0.3, -0.25) is 9.88 Å². The molecule has 0 N–H and O–H groups in total. The van der Waals surface area contributed by atoms with Crippen LogP contribution in [0.2, 0.25) is 0 Å². The Balaban J connectivity index is 1.58. The average Bonchev–Trinajstić information content (AvgIpc) is 2.49. The van der Waals surface area contributed by atoms with E-state index in [1.165, 1.54) is 30.6 Å². The highest BCUT2D eigenvalue weighted by Crippen LogP contribution is 2.21. The normalized spacial score (nSPS) is 19.6. The van der Waals surface area contributed by atoms with E-state index in [4.69, 9.17) is 0 Å². The summed E-state index contributed by atoms with van der Waals surface area (Å²) in [6.45, 7) is 5.34. The lowest BCUT2D eigenvalue weighted by Gasteiger charge is -2.32. The van der Waals surface area contributed by atoms with Gasteiger partial charge in [0.25, 0.3) is 0 Å². The molecular weight excluding hydrogens is 260 g/mol. The fourth-order valence-corrected chi connectivity index (χ4v) is 3.14. The van der Waals surface area contributed by atoms with E-state index in [0.29, 0.717) is 5.92 Å². The van der Waals surface area contributed by atoms with Crippen LogP contribution in [0.5, 0.6) is 0 Å². The first kappa shape index (κ1) is 14.1. The molecule has 0 radical (unpaired) electrons. The summed E-state index contributed by atoms with van der Waals surface area (Å²) in [6, 6.07) is 6.32. The number of rotatable bonds is 4. The summed E-state index contributed by atoms with van der Waals surface area (Å²) in [5.74, 6) is 0.706. The lowest BCUT2D eigenvalue weighted by molar-refractivity contribution is 0.166. The summed E-state index contributed by atoms with van der Waals surface area (Å²) >= 11 is 0. The molecule has 0 unspecified atom stereocenters. The monoisotopic (exact) mass is 282 g/mol. The second kappa shape index (κ2) is 6.76. The SMILES string of the molecule is Cc1cccc(C[C@@H]2CCCN(Cc3cncnc3)C2)n1. The maximum Gasteiger partial charge on any atom is 0.115 e. The number of aryl methyl sites for hydroxylation is 1. The highest BCUT2D eigenvalue weighted by atomic mass is 15.1. The summed E-state index contributed by atoms with van der Waals surface area (Å²) in [6.07, 6.45) is 9.08. The van der Waals surface area contributed by atoms with Crippen LogP contribution < -0.4 is 0 Å². The van der Waals surface area contributed by atoms with E-state index in [2.05, 4.69) is 45.0 Å². The van der Waals surface area contributed by atoms with Crippen LogP contribution in [0.1, 0.15) is 29.8 Å². The van der Waals surface area contributed by atoms with Gasteiger partial charge < -0.3 is 0 Å². The maximum absolute atomic E-state index is 4.64. The summed E-state index contributed by atoms with van der Waals surface area (Å²) in [5.41, 5.74) is 3.54. The van der Waals surface area contributed by atoms with Crippen molar-refractivity contribution >= 4 is 0 Å². The Bertz CT molecular complexity index is 570. The second-order valence-corrected chi connectivity index (χ2v) is 5.96. The van der Waals surface area contributed by atoms with Crippen LogP contribution in [0.4, 0.5) is 0 Å². The number of likely N-dealkylation sites (tertiary alicyclic amines) is 1. The van der Waals surface area contributed by atoms with Crippen molar-refractivity contribution in [1.82, 2.24) is 19.9 Å². The van der Waals surface area contributed by atoms with Crippen molar-refractivity contribution < 1.29 is 0 Å². The minimum Gasteiger partial charge on any atom is -0.299 e. The number of piperidine rings is 1. The van der Waals surface area contributed by atoms with E-state index < -0.39 is 0 Å². The Morgan fingerprint density at radius 3 is 2.90 bits per heavy atom. The van der Waals surface area contributed by atoms with Gasteiger partial charge in [0.2, 0.25) is 0 Å². The molecule has 0 aromatic carbocycles. The zero-order valence-corrected chi connectivity index (χ0v) is 12.6. The molecule has 2 aromatic heterocycles. The van der Waals surface area contributed by atoms with Gasteiger partial charge in [0, 0.05) is 42.4 Å². The molecule has 1 saturated heterocycles. The van der Waals surface area contributed by atoms with Crippen LogP contribution in [0.3, 0.4) is 0 Å². The maximum atomic E-state index is 4.64. The van der Waals surface area contributed by atoms with E-state index in [1.807, 2.05) is 12.4 Å². The minimum absolute atomic E-state index is 0.706. The first-order chi connectivity index (χ1) is 10.3. The largest absolute Gasteiger partial charge is 0.299 e. The number of nitrogens with zero attached hydrogens (tertiary/aromatic N) is 4. The van der Waals surface area contributed by atoms with Gasteiger partial charge in [0.15, 0.2) is 0 Å². The molecule has 3 heterocycles. The first-order valence-corrected chi connectivity index (χ1v) is 7.68. The molecule has 2 aromatic rings. The number of aromatic nitrogens is 3. The summed E-state index contributed by atoms with van der Waals surface area (Å²) in [4.78, 5) is 15.4. The highest BCUT2D eigenvalue weighted by Gasteiger charge is 2.20. The summed E-state index contributed by atoms with van der Waals surface area (Å²) < 4.78 is 0. The Morgan fingerprint density at radius 2 is 2.10 bits per heavy atom. The quantitative estimate of drug-likeness (QED) is 0.864. The van der Waals surface area contributed by atoms with Crippen molar-refractivity contribution in [2.45, 2.75) is 32.7 Å². The van der Waals surface area contributed by atoms with Gasteiger partial charge in [-0.05, 0) is 50.8 Å². The fourth-order valence-electron chi connectivity index (χ4n) is 3.14. The van der Waals surface area contributed by atoms with E-state index in [-0.39, 0.29) is 0 Å². The lowest BCUT2D eigenvalue weighted by atomic mass is 9.93. The average molecular weight is 282 g/mol. The molecule has 0 spiro atoms. The molecule has 0 bridgehead atoms. The van der Waals surface area contributed by atoms with E-state index in [1.54, 1.807) is 6.33 Å². The van der Waals surface area contributed by atoms with Crippen LogP contribution >= 0.6 is 0 Å². The van der Waals surface area contributed by atoms with Crippen LogP contribution in [0, 0.1) is 12.8 Å². The molecule has 3 rings (SSSR count). The molecule has 1 aliphatic heterocycles. The van der Waals surface area contributed by atoms with Crippen molar-refractivity contribution in [3.05, 3.63) is 53.9 Å². The third-order valence-corrected chi connectivity index (χ3v) is 4.07. The predicted octanol–water partition coefficient (Wildman–Crippen LogP) is 2.63. The second-order valence-electron chi connectivity index (χ2n) is 5.96. The van der Waals surface area contributed by atoms with Crippen molar-refractivity contribution in [1.29, 1.82) is 0 Å². The standard InChI is InChI=1S/C17H22N4/c1-14-4-2-6-17(20-14)8-15-5-3-7-21(11-15)12-16-9-18-13-19-10-16/h2,4,6,9-10,13,15H,3,5,7-8,11-12H2,1H3/t15-/m0/s1. The fraction of sp³-hybridized carbons (Fsp3) is 0.471. The van der Waals surface area contributed by atoms with E-state index in [9.17, 15) is 0 Å². The topological polar surface area (TPSA) is 41.9 Å². The Morgan fingerprint density at radius 1 is 1.24 bits per heavy atom. The number of hydrogen-bond donors (Lipinski definition) is 0. The number of pyridine rings is 1. The zero-order chi connectivity index (χ0) is 14.5. The van der Waals surface area contributed by atoms with Gasteiger partial charge in [0.1, 0.15) is 6.33 Å².